The molecule has 1 aromatic carbocycles. The minimum Gasteiger partial charge on any atom is -0.505 e. The first-order valence-corrected chi connectivity index (χ1v) is 6.64. The maximum Gasteiger partial charge on any atom is 0.217 e. The molecule has 5 nitrogen and oxygen atoms in total. The van der Waals surface area contributed by atoms with E-state index in [2.05, 4.69) is 10.3 Å². The number of nitrogens with zero attached hydrogens (tertiary/aromatic N) is 1. The van der Waals surface area contributed by atoms with Gasteiger partial charge in [-0.05, 0) is 30.3 Å². The number of furan rings is 1. The molecule has 1 unspecified atom stereocenters. The van der Waals surface area contributed by atoms with Crippen LogP contribution >= 0.6 is 0 Å². The number of carbonyl (C=O) groups is 1. The normalized spacial score (nSPS) is 12.3. The van der Waals surface area contributed by atoms with E-state index < -0.39 is 11.9 Å². The summed E-state index contributed by atoms with van der Waals surface area (Å²) in [5.41, 5.74) is 0.327. The second kappa shape index (κ2) is 5.48. The molecule has 0 spiro atoms. The number of nitrogens with one attached hydrogen (secondary N) is 1. The van der Waals surface area contributed by atoms with E-state index in [9.17, 15) is 14.3 Å². The number of rotatable bonds is 3. The number of aromatic hydroxyl groups is 1. The molecule has 3 aromatic rings. The van der Waals surface area contributed by atoms with Crippen molar-refractivity contribution >= 4 is 16.8 Å². The van der Waals surface area contributed by atoms with Gasteiger partial charge in [0, 0.05) is 24.1 Å². The maximum absolute atomic E-state index is 14.3. The Morgan fingerprint density at radius 1 is 1.41 bits per heavy atom. The Morgan fingerprint density at radius 2 is 2.23 bits per heavy atom. The van der Waals surface area contributed by atoms with E-state index in [1.165, 1.54) is 31.5 Å². The molecule has 6 heteroatoms. The summed E-state index contributed by atoms with van der Waals surface area (Å²) in [5.74, 6) is -0.660. The third kappa shape index (κ3) is 2.39. The molecule has 0 aliphatic rings. The van der Waals surface area contributed by atoms with Gasteiger partial charge in [0.2, 0.25) is 5.91 Å². The van der Waals surface area contributed by atoms with Crippen LogP contribution in [0.4, 0.5) is 4.39 Å². The minimum absolute atomic E-state index is 0.138. The van der Waals surface area contributed by atoms with Gasteiger partial charge in [-0.25, -0.2) is 4.39 Å². The highest BCUT2D eigenvalue weighted by molar-refractivity contribution is 5.86. The van der Waals surface area contributed by atoms with Crippen molar-refractivity contribution in [1.29, 1.82) is 0 Å². The van der Waals surface area contributed by atoms with Crippen LogP contribution in [-0.4, -0.2) is 16.0 Å². The van der Waals surface area contributed by atoms with Crippen molar-refractivity contribution in [3.05, 3.63) is 59.9 Å². The predicted octanol–water partition coefficient (Wildman–Crippen LogP) is 2.90. The third-order valence-electron chi connectivity index (χ3n) is 3.33. The Morgan fingerprint density at radius 3 is 2.91 bits per heavy atom. The van der Waals surface area contributed by atoms with Crippen molar-refractivity contribution < 1.29 is 18.7 Å². The molecule has 0 bridgehead atoms. The fourth-order valence-electron chi connectivity index (χ4n) is 2.39. The highest BCUT2D eigenvalue weighted by atomic mass is 19.1. The molecule has 0 saturated carbocycles. The predicted molar refractivity (Wildman–Crippen MR) is 77.7 cm³/mol. The van der Waals surface area contributed by atoms with E-state index >= 15 is 0 Å². The van der Waals surface area contributed by atoms with Crippen molar-refractivity contribution in [2.75, 3.05) is 0 Å². The molecule has 1 atom stereocenters. The number of carbonyl (C=O) groups excluding carboxylic acids is 1. The molecule has 0 saturated heterocycles. The number of pyridine rings is 1. The van der Waals surface area contributed by atoms with E-state index in [-0.39, 0.29) is 28.1 Å². The first-order chi connectivity index (χ1) is 10.6. The topological polar surface area (TPSA) is 75.4 Å². The highest BCUT2D eigenvalue weighted by Crippen LogP contribution is 2.36. The summed E-state index contributed by atoms with van der Waals surface area (Å²) in [6, 6.07) is 6.79. The SMILES string of the molecule is CC(=O)NC(c1ccco1)c1cc(F)c2cccnc2c1O. The Bertz CT molecular complexity index is 831. The number of phenolic OH excluding ortho intramolecular Hbond substituents is 1. The molecule has 0 aliphatic carbocycles. The number of hydrogen-bond acceptors (Lipinski definition) is 4. The van der Waals surface area contributed by atoms with E-state index in [0.29, 0.717) is 5.76 Å². The Hall–Kier alpha value is -2.89. The van der Waals surface area contributed by atoms with Gasteiger partial charge in [-0.15, -0.1) is 0 Å². The number of phenols is 1. The van der Waals surface area contributed by atoms with Gasteiger partial charge in [0.05, 0.1) is 6.26 Å². The van der Waals surface area contributed by atoms with Gasteiger partial charge >= 0.3 is 0 Å². The molecular formula is C16H13FN2O3. The number of hydrogen-bond donors (Lipinski definition) is 2. The first kappa shape index (κ1) is 14.1. The number of halogens is 1. The summed E-state index contributed by atoms with van der Waals surface area (Å²) in [6.07, 6.45) is 2.91. The monoisotopic (exact) mass is 300 g/mol. The van der Waals surface area contributed by atoms with E-state index in [4.69, 9.17) is 4.42 Å². The molecule has 0 fully saturated rings. The molecule has 22 heavy (non-hydrogen) atoms. The van der Waals surface area contributed by atoms with Gasteiger partial charge in [-0.1, -0.05) is 0 Å². The molecule has 0 aliphatic heterocycles. The van der Waals surface area contributed by atoms with E-state index in [1.54, 1.807) is 18.2 Å². The van der Waals surface area contributed by atoms with Gasteiger partial charge in [-0.2, -0.15) is 0 Å². The minimum atomic E-state index is -0.798. The molecule has 0 radical (unpaired) electrons. The van der Waals surface area contributed by atoms with E-state index in [0.717, 1.165) is 0 Å². The summed E-state index contributed by atoms with van der Waals surface area (Å²) in [4.78, 5) is 15.5. The zero-order valence-electron chi connectivity index (χ0n) is 11.7. The molecule has 3 rings (SSSR count). The van der Waals surface area contributed by atoms with Crippen molar-refractivity contribution in [2.45, 2.75) is 13.0 Å². The quantitative estimate of drug-likeness (QED) is 0.780. The number of amides is 1. The summed E-state index contributed by atoms with van der Waals surface area (Å²) in [7, 11) is 0. The number of benzene rings is 1. The maximum atomic E-state index is 14.3. The van der Waals surface area contributed by atoms with Crippen molar-refractivity contribution in [1.82, 2.24) is 10.3 Å². The molecule has 1 amide bonds. The zero-order valence-corrected chi connectivity index (χ0v) is 11.7. The molecular weight excluding hydrogens is 287 g/mol. The fourth-order valence-corrected chi connectivity index (χ4v) is 2.39. The summed E-state index contributed by atoms with van der Waals surface area (Å²) >= 11 is 0. The summed E-state index contributed by atoms with van der Waals surface area (Å²) < 4.78 is 19.6. The van der Waals surface area contributed by atoms with Crippen LogP contribution in [0.5, 0.6) is 5.75 Å². The summed E-state index contributed by atoms with van der Waals surface area (Å²) in [5, 5.41) is 13.3. The smallest absolute Gasteiger partial charge is 0.217 e. The van der Waals surface area contributed by atoms with Crippen LogP contribution in [0.1, 0.15) is 24.3 Å². The lowest BCUT2D eigenvalue weighted by Crippen LogP contribution is -2.26. The van der Waals surface area contributed by atoms with Crippen molar-refractivity contribution in [3.63, 3.8) is 0 Å². The van der Waals surface area contributed by atoms with Crippen LogP contribution in [0, 0.1) is 5.82 Å². The van der Waals surface area contributed by atoms with Crippen molar-refractivity contribution in [3.8, 4) is 5.75 Å². The lowest BCUT2D eigenvalue weighted by atomic mass is 10.00. The van der Waals surface area contributed by atoms with Gasteiger partial charge in [0.1, 0.15) is 28.9 Å². The highest BCUT2D eigenvalue weighted by Gasteiger charge is 2.24. The molecule has 112 valence electrons. The van der Waals surface area contributed by atoms with Gasteiger partial charge in [0.15, 0.2) is 0 Å². The van der Waals surface area contributed by atoms with Crippen LogP contribution in [-0.2, 0) is 4.79 Å². The molecule has 2 heterocycles. The number of fused-ring (bicyclic) bond motifs is 1. The summed E-state index contributed by atoms with van der Waals surface area (Å²) in [6.45, 7) is 1.34. The molecule has 2 N–H and O–H groups in total. The first-order valence-electron chi connectivity index (χ1n) is 6.64. The van der Waals surface area contributed by atoms with Gasteiger partial charge in [0.25, 0.3) is 0 Å². The van der Waals surface area contributed by atoms with Gasteiger partial charge < -0.3 is 14.8 Å². The largest absolute Gasteiger partial charge is 0.505 e. The number of aromatic nitrogens is 1. The van der Waals surface area contributed by atoms with Crippen molar-refractivity contribution in [2.24, 2.45) is 0 Å². The fraction of sp³-hybridized carbons (Fsp3) is 0.125. The third-order valence-corrected chi connectivity index (χ3v) is 3.33. The average molecular weight is 300 g/mol. The Labute approximate surface area is 125 Å². The standard InChI is InChI=1S/C16H13FN2O3/c1-9(20)19-14(13-5-3-7-22-13)11-8-12(17)10-4-2-6-18-15(10)16(11)21/h2-8,14,21H,1H3,(H,19,20). The van der Waals surface area contributed by atoms with Crippen LogP contribution in [0.3, 0.4) is 0 Å². The lowest BCUT2D eigenvalue weighted by molar-refractivity contribution is -0.119. The van der Waals surface area contributed by atoms with Crippen LogP contribution in [0.15, 0.2) is 47.2 Å². The second-order valence-electron chi connectivity index (χ2n) is 4.84. The van der Waals surface area contributed by atoms with E-state index in [1.807, 2.05) is 0 Å². The lowest BCUT2D eigenvalue weighted by Gasteiger charge is -2.18. The van der Waals surface area contributed by atoms with Crippen LogP contribution in [0.2, 0.25) is 0 Å². The Kier molecular flexibility index (Phi) is 3.50. The van der Waals surface area contributed by atoms with Crippen LogP contribution in [0.25, 0.3) is 10.9 Å². The molecule has 2 aromatic heterocycles. The Balaban J connectivity index is 2.22. The second-order valence-corrected chi connectivity index (χ2v) is 4.84. The van der Waals surface area contributed by atoms with Crippen LogP contribution < -0.4 is 5.32 Å². The van der Waals surface area contributed by atoms with Gasteiger partial charge in [-0.3, -0.25) is 9.78 Å². The zero-order chi connectivity index (χ0) is 15.7. The average Bonchev–Trinajstić information content (AvgIpc) is 3.03.